The topological polar surface area (TPSA) is 63.2 Å². The quantitative estimate of drug-likeness (QED) is 0.384. The molecule has 0 radical (unpaired) electrons. The molecule has 1 amide bonds. The van der Waals surface area contributed by atoms with Crippen molar-refractivity contribution in [2.24, 2.45) is 5.92 Å². The van der Waals surface area contributed by atoms with E-state index in [-0.39, 0.29) is 12.5 Å². The fraction of sp³-hybridized carbons (Fsp3) is 0.273. The maximum Gasteiger partial charge on any atom is 0.416 e. The average molecular weight is 484 g/mol. The lowest BCUT2D eigenvalue weighted by molar-refractivity contribution is -0.137. The Morgan fingerprint density at radius 3 is 2.62 bits per heavy atom. The lowest BCUT2D eigenvalue weighted by atomic mass is 10.1. The van der Waals surface area contributed by atoms with Crippen LogP contribution in [0.4, 0.5) is 24.0 Å². The third-order valence-electron chi connectivity index (χ3n) is 4.51. The van der Waals surface area contributed by atoms with Crippen LogP contribution in [0, 0.1) is 5.92 Å². The molecule has 2 aromatic carbocycles. The third kappa shape index (κ3) is 7.13. The molecule has 3 rings (SSSR count). The van der Waals surface area contributed by atoms with Crippen molar-refractivity contribution >= 4 is 39.7 Å². The molecule has 5 nitrogen and oxygen atoms in total. The van der Waals surface area contributed by atoms with Gasteiger partial charge in [-0.05, 0) is 36.2 Å². The number of alkyl halides is 3. The normalized spacial score (nSPS) is 12.3. The van der Waals surface area contributed by atoms with Crippen molar-refractivity contribution in [3.05, 3.63) is 70.2 Å². The zero-order valence-electron chi connectivity index (χ0n) is 17.1. The van der Waals surface area contributed by atoms with Gasteiger partial charge >= 0.3 is 6.18 Å². The molecule has 1 heterocycles. The molecule has 1 atom stereocenters. The molecule has 3 aromatic rings. The largest absolute Gasteiger partial charge is 0.493 e. The molecule has 1 unspecified atom stereocenters. The Hall–Kier alpha value is -2.78. The molecule has 0 spiro atoms. The number of aromatic nitrogens is 1. The molecule has 10 heteroatoms. The predicted octanol–water partition coefficient (Wildman–Crippen LogP) is 6.12. The minimum atomic E-state index is -4.33. The van der Waals surface area contributed by atoms with Crippen LogP contribution in [-0.4, -0.2) is 24.0 Å². The maximum absolute atomic E-state index is 12.6. The Balaban J connectivity index is 1.45. The summed E-state index contributed by atoms with van der Waals surface area (Å²) in [5.74, 6) is -0.0303. The molecule has 0 saturated heterocycles. The molecule has 32 heavy (non-hydrogen) atoms. The SMILES string of the molecule is CC(COc1cccc(NCCc2ccc(C(F)(F)F)cc2)c1)C(=O)Nc1ncc(Cl)s1. The summed E-state index contributed by atoms with van der Waals surface area (Å²) in [6.07, 6.45) is -2.29. The van der Waals surface area contributed by atoms with Crippen LogP contribution in [-0.2, 0) is 17.4 Å². The van der Waals surface area contributed by atoms with E-state index in [0.717, 1.165) is 23.4 Å². The zero-order chi connectivity index (χ0) is 23.1. The first kappa shape index (κ1) is 23.9. The van der Waals surface area contributed by atoms with E-state index in [0.29, 0.717) is 28.2 Å². The van der Waals surface area contributed by atoms with E-state index in [1.54, 1.807) is 19.1 Å². The molecule has 170 valence electrons. The van der Waals surface area contributed by atoms with Gasteiger partial charge in [-0.1, -0.05) is 48.1 Å². The zero-order valence-corrected chi connectivity index (χ0v) is 18.7. The summed E-state index contributed by atoms with van der Waals surface area (Å²) >= 11 is 6.99. The fourth-order valence-electron chi connectivity index (χ4n) is 2.75. The van der Waals surface area contributed by atoms with Crippen LogP contribution in [0.25, 0.3) is 0 Å². The molecular weight excluding hydrogens is 463 g/mol. The average Bonchev–Trinajstić information content (AvgIpc) is 3.16. The Morgan fingerprint density at radius 2 is 1.97 bits per heavy atom. The van der Waals surface area contributed by atoms with Gasteiger partial charge in [-0.15, -0.1) is 0 Å². The first-order valence-corrected chi connectivity index (χ1v) is 11.0. The number of ether oxygens (including phenoxy) is 1. The Bertz CT molecular complexity index is 1040. The van der Waals surface area contributed by atoms with Crippen molar-refractivity contribution in [2.75, 3.05) is 23.8 Å². The van der Waals surface area contributed by atoms with Crippen LogP contribution in [0.5, 0.6) is 5.75 Å². The van der Waals surface area contributed by atoms with Crippen LogP contribution >= 0.6 is 22.9 Å². The van der Waals surface area contributed by atoms with Gasteiger partial charge in [-0.2, -0.15) is 13.2 Å². The van der Waals surface area contributed by atoms with E-state index in [2.05, 4.69) is 15.6 Å². The number of amides is 1. The van der Waals surface area contributed by atoms with Gasteiger partial charge in [0.25, 0.3) is 0 Å². The Labute approximate surface area is 192 Å². The van der Waals surface area contributed by atoms with Crippen molar-refractivity contribution in [3.8, 4) is 5.75 Å². The summed E-state index contributed by atoms with van der Waals surface area (Å²) in [6.45, 7) is 2.47. The van der Waals surface area contributed by atoms with E-state index >= 15 is 0 Å². The summed E-state index contributed by atoms with van der Waals surface area (Å²) in [5.41, 5.74) is 0.959. The molecule has 0 saturated carbocycles. The Kier molecular flexibility index (Phi) is 7.98. The molecule has 0 aliphatic heterocycles. The molecule has 2 N–H and O–H groups in total. The van der Waals surface area contributed by atoms with Crippen LogP contribution in [0.15, 0.2) is 54.7 Å². The lowest BCUT2D eigenvalue weighted by Crippen LogP contribution is -2.25. The molecule has 0 fully saturated rings. The Morgan fingerprint density at radius 1 is 1.22 bits per heavy atom. The van der Waals surface area contributed by atoms with Crippen molar-refractivity contribution in [1.82, 2.24) is 4.98 Å². The first-order chi connectivity index (χ1) is 15.2. The van der Waals surface area contributed by atoms with Gasteiger partial charge in [0.1, 0.15) is 10.1 Å². The standard InChI is InChI=1S/C22H21ClF3N3O2S/c1-14(20(30)29-21-28-12-19(23)32-21)13-31-18-4-2-3-17(11-18)27-10-9-15-5-7-16(8-6-15)22(24,25)26/h2-8,11-12,14,27H,9-10,13H2,1H3,(H,28,29,30). The number of nitrogens with zero attached hydrogens (tertiary/aromatic N) is 1. The maximum atomic E-state index is 12.6. The fourth-order valence-corrected chi connectivity index (χ4v) is 3.56. The highest BCUT2D eigenvalue weighted by Gasteiger charge is 2.29. The number of thiazole rings is 1. The second-order valence-corrected chi connectivity index (χ2v) is 8.73. The highest BCUT2D eigenvalue weighted by Crippen LogP contribution is 2.29. The minimum absolute atomic E-state index is 0.181. The summed E-state index contributed by atoms with van der Waals surface area (Å²) < 4.78 is 44.1. The van der Waals surface area contributed by atoms with E-state index in [4.69, 9.17) is 16.3 Å². The number of rotatable bonds is 9. The second kappa shape index (κ2) is 10.7. The number of carbonyl (C=O) groups is 1. The van der Waals surface area contributed by atoms with Crippen LogP contribution in [0.2, 0.25) is 4.34 Å². The number of halogens is 4. The monoisotopic (exact) mass is 483 g/mol. The number of anilines is 2. The number of nitrogens with one attached hydrogen (secondary N) is 2. The second-order valence-electron chi connectivity index (χ2n) is 7.07. The van der Waals surface area contributed by atoms with Crippen LogP contribution < -0.4 is 15.4 Å². The van der Waals surface area contributed by atoms with Crippen LogP contribution in [0.3, 0.4) is 0 Å². The van der Waals surface area contributed by atoms with E-state index < -0.39 is 17.7 Å². The third-order valence-corrected chi connectivity index (χ3v) is 5.54. The molecule has 1 aromatic heterocycles. The molecular formula is C22H21ClF3N3O2S. The summed E-state index contributed by atoms with van der Waals surface area (Å²) in [7, 11) is 0. The van der Waals surface area contributed by atoms with Gasteiger partial charge in [-0.3, -0.25) is 4.79 Å². The van der Waals surface area contributed by atoms with Crippen LogP contribution in [0.1, 0.15) is 18.1 Å². The van der Waals surface area contributed by atoms with Gasteiger partial charge in [-0.25, -0.2) is 4.98 Å². The highest BCUT2D eigenvalue weighted by molar-refractivity contribution is 7.19. The van der Waals surface area contributed by atoms with Gasteiger partial charge in [0, 0.05) is 18.3 Å². The number of carbonyl (C=O) groups excluding carboxylic acids is 1. The highest BCUT2D eigenvalue weighted by atomic mass is 35.5. The van der Waals surface area contributed by atoms with Crippen molar-refractivity contribution in [1.29, 1.82) is 0 Å². The molecule has 0 aliphatic rings. The van der Waals surface area contributed by atoms with Crippen molar-refractivity contribution in [3.63, 3.8) is 0 Å². The predicted molar refractivity (Wildman–Crippen MR) is 120 cm³/mol. The minimum Gasteiger partial charge on any atom is -0.493 e. The van der Waals surface area contributed by atoms with E-state index in [1.807, 2.05) is 12.1 Å². The van der Waals surface area contributed by atoms with Gasteiger partial charge in [0.05, 0.1) is 24.3 Å². The van der Waals surface area contributed by atoms with E-state index in [1.165, 1.54) is 29.7 Å². The molecule has 0 bridgehead atoms. The lowest BCUT2D eigenvalue weighted by Gasteiger charge is -2.14. The van der Waals surface area contributed by atoms with Gasteiger partial charge in [0.2, 0.25) is 5.91 Å². The number of hydrogen-bond acceptors (Lipinski definition) is 5. The summed E-state index contributed by atoms with van der Waals surface area (Å²) in [6, 6.07) is 12.4. The number of hydrogen-bond donors (Lipinski definition) is 2. The van der Waals surface area contributed by atoms with Crippen molar-refractivity contribution in [2.45, 2.75) is 19.5 Å². The smallest absolute Gasteiger partial charge is 0.416 e. The molecule has 0 aliphatic carbocycles. The van der Waals surface area contributed by atoms with E-state index in [9.17, 15) is 18.0 Å². The van der Waals surface area contributed by atoms with Gasteiger partial charge < -0.3 is 15.4 Å². The van der Waals surface area contributed by atoms with Gasteiger partial charge in [0.15, 0.2) is 5.13 Å². The first-order valence-electron chi connectivity index (χ1n) is 9.76. The number of benzene rings is 2. The summed E-state index contributed by atoms with van der Waals surface area (Å²) in [5, 5.41) is 6.35. The summed E-state index contributed by atoms with van der Waals surface area (Å²) in [4.78, 5) is 16.2. The van der Waals surface area contributed by atoms with Crippen molar-refractivity contribution < 1.29 is 22.7 Å².